The lowest BCUT2D eigenvalue weighted by Crippen LogP contribution is -2.53. The molecule has 2 aromatic rings. The van der Waals surface area contributed by atoms with Crippen LogP contribution < -0.4 is 5.32 Å². The fraction of sp³-hybridized carbons (Fsp3) is 0.409. The number of amides is 1. The number of carbonyl (C=O) groups is 1. The number of hydrogen-bond donors (Lipinski definition) is 1. The third-order valence-corrected chi connectivity index (χ3v) is 6.00. The maximum absolute atomic E-state index is 13.5. The van der Waals surface area contributed by atoms with Gasteiger partial charge >= 0.3 is 0 Å². The molecule has 0 aromatic heterocycles. The molecule has 0 bridgehead atoms. The topological polar surface area (TPSA) is 90.3 Å². The summed E-state index contributed by atoms with van der Waals surface area (Å²) in [6.07, 6.45) is 0.381. The summed E-state index contributed by atoms with van der Waals surface area (Å²) >= 11 is 0. The normalized spacial score (nSPS) is 25.9. The number of ether oxygens (including phenoxy) is 1. The molecule has 0 radical (unpaired) electrons. The fourth-order valence-electron chi connectivity index (χ4n) is 4.42. The number of benzene rings is 2. The molecule has 156 valence electrons. The standard InChI is InChI=1S/C22H24FN5O2/c1-25-19-13-30-20(12-18(19)26-27-24)22(29)28-11-10-14-4-2-3-5-17(14)21(28)15-6-8-16(23)9-7-15/h2-9,18-21,25H,10-13H2,1H3/t18?,19-,20+,21-/m0/s1. The largest absolute Gasteiger partial charge is 0.367 e. The number of rotatable bonds is 4. The van der Waals surface area contributed by atoms with Crippen molar-refractivity contribution in [1.29, 1.82) is 0 Å². The van der Waals surface area contributed by atoms with Gasteiger partial charge in [-0.15, -0.1) is 0 Å². The van der Waals surface area contributed by atoms with Gasteiger partial charge in [0.25, 0.3) is 5.91 Å². The second-order valence-corrected chi connectivity index (χ2v) is 7.66. The van der Waals surface area contributed by atoms with Crippen LogP contribution in [0.3, 0.4) is 0 Å². The Balaban J connectivity index is 1.65. The average Bonchev–Trinajstić information content (AvgIpc) is 2.78. The first kappa shape index (κ1) is 20.3. The van der Waals surface area contributed by atoms with Crippen LogP contribution in [0.15, 0.2) is 53.6 Å². The van der Waals surface area contributed by atoms with Crippen molar-refractivity contribution in [2.75, 3.05) is 20.2 Å². The van der Waals surface area contributed by atoms with Crippen molar-refractivity contribution < 1.29 is 13.9 Å². The lowest BCUT2D eigenvalue weighted by molar-refractivity contribution is -0.150. The summed E-state index contributed by atoms with van der Waals surface area (Å²) in [5.74, 6) is -0.446. The molecule has 8 heteroatoms. The zero-order valence-corrected chi connectivity index (χ0v) is 16.7. The van der Waals surface area contributed by atoms with Crippen LogP contribution in [0.4, 0.5) is 4.39 Å². The van der Waals surface area contributed by atoms with Gasteiger partial charge in [-0.05, 0) is 54.2 Å². The van der Waals surface area contributed by atoms with Crippen LogP contribution >= 0.6 is 0 Å². The lowest BCUT2D eigenvalue weighted by Gasteiger charge is -2.41. The van der Waals surface area contributed by atoms with E-state index in [2.05, 4.69) is 21.4 Å². The average molecular weight is 409 g/mol. The van der Waals surface area contributed by atoms with Gasteiger partial charge < -0.3 is 15.0 Å². The highest BCUT2D eigenvalue weighted by Crippen LogP contribution is 2.36. The van der Waals surface area contributed by atoms with Crippen molar-refractivity contribution in [3.8, 4) is 0 Å². The van der Waals surface area contributed by atoms with Gasteiger partial charge in [0.2, 0.25) is 0 Å². The highest BCUT2D eigenvalue weighted by atomic mass is 19.1. The van der Waals surface area contributed by atoms with E-state index in [0.29, 0.717) is 19.6 Å². The van der Waals surface area contributed by atoms with E-state index in [1.165, 1.54) is 17.7 Å². The Morgan fingerprint density at radius 3 is 2.77 bits per heavy atom. The molecular formula is C22H24FN5O2. The predicted molar refractivity (Wildman–Crippen MR) is 110 cm³/mol. The number of carbonyl (C=O) groups excluding carboxylic acids is 1. The Labute approximate surface area is 174 Å². The summed E-state index contributed by atoms with van der Waals surface area (Å²) in [4.78, 5) is 18.3. The second kappa shape index (κ2) is 8.83. The highest BCUT2D eigenvalue weighted by Gasteiger charge is 2.39. The van der Waals surface area contributed by atoms with E-state index in [1.807, 2.05) is 23.1 Å². The summed E-state index contributed by atoms with van der Waals surface area (Å²) in [5, 5.41) is 6.94. The van der Waals surface area contributed by atoms with Gasteiger partial charge in [0.05, 0.1) is 18.7 Å². The number of azide groups is 1. The molecule has 0 aliphatic carbocycles. The van der Waals surface area contributed by atoms with E-state index < -0.39 is 6.10 Å². The van der Waals surface area contributed by atoms with E-state index in [9.17, 15) is 9.18 Å². The molecule has 2 aromatic carbocycles. The molecule has 7 nitrogen and oxygen atoms in total. The minimum atomic E-state index is -0.682. The Morgan fingerprint density at radius 1 is 1.27 bits per heavy atom. The van der Waals surface area contributed by atoms with Crippen molar-refractivity contribution >= 4 is 5.91 Å². The Bertz CT molecular complexity index is 960. The van der Waals surface area contributed by atoms with E-state index in [0.717, 1.165) is 17.5 Å². The predicted octanol–water partition coefficient (Wildman–Crippen LogP) is 3.36. The summed E-state index contributed by atoms with van der Waals surface area (Å²) in [7, 11) is 1.78. The summed E-state index contributed by atoms with van der Waals surface area (Å²) in [6.45, 7) is 0.835. The molecule has 4 rings (SSSR count). The Hall–Kier alpha value is -2.93. The van der Waals surface area contributed by atoms with Crippen molar-refractivity contribution in [3.63, 3.8) is 0 Å². The number of nitrogens with one attached hydrogen (secondary N) is 1. The summed E-state index contributed by atoms with van der Waals surface area (Å²) in [6, 6.07) is 13.5. The molecule has 4 atom stereocenters. The minimum absolute atomic E-state index is 0.125. The van der Waals surface area contributed by atoms with Gasteiger partial charge in [0.15, 0.2) is 0 Å². The third kappa shape index (κ3) is 3.89. The quantitative estimate of drug-likeness (QED) is 0.477. The van der Waals surface area contributed by atoms with Crippen molar-refractivity contribution in [2.24, 2.45) is 5.11 Å². The van der Waals surface area contributed by atoms with Crippen LogP contribution in [-0.4, -0.2) is 49.2 Å². The molecule has 0 spiro atoms. The summed E-state index contributed by atoms with van der Waals surface area (Å²) < 4.78 is 19.4. The second-order valence-electron chi connectivity index (χ2n) is 7.66. The van der Waals surface area contributed by atoms with Gasteiger partial charge in [0.1, 0.15) is 11.9 Å². The molecular weight excluding hydrogens is 385 g/mol. The Morgan fingerprint density at radius 2 is 2.03 bits per heavy atom. The maximum Gasteiger partial charge on any atom is 0.252 e. The lowest BCUT2D eigenvalue weighted by atomic mass is 9.87. The highest BCUT2D eigenvalue weighted by molar-refractivity contribution is 5.82. The minimum Gasteiger partial charge on any atom is -0.367 e. The van der Waals surface area contributed by atoms with Gasteiger partial charge in [-0.25, -0.2) is 4.39 Å². The Kier molecular flexibility index (Phi) is 5.99. The van der Waals surface area contributed by atoms with Crippen LogP contribution in [0.2, 0.25) is 0 Å². The molecule has 1 amide bonds. The van der Waals surface area contributed by atoms with E-state index >= 15 is 0 Å². The summed E-state index contributed by atoms with van der Waals surface area (Å²) in [5.41, 5.74) is 12.0. The van der Waals surface area contributed by atoms with Gasteiger partial charge in [-0.1, -0.05) is 41.5 Å². The van der Waals surface area contributed by atoms with Crippen molar-refractivity contribution in [1.82, 2.24) is 10.2 Å². The molecule has 0 saturated carbocycles. The molecule has 2 heterocycles. The van der Waals surface area contributed by atoms with Gasteiger partial charge in [-0.2, -0.15) is 0 Å². The molecule has 1 N–H and O–H groups in total. The van der Waals surface area contributed by atoms with Crippen LogP contribution in [-0.2, 0) is 16.0 Å². The monoisotopic (exact) mass is 409 g/mol. The SMILES string of the molecule is CN[C@H]1CO[C@@H](C(=O)N2CCc3ccccc3[C@@H]2c2ccc(F)cc2)CC1N=[N+]=[N-]. The van der Waals surface area contributed by atoms with Crippen molar-refractivity contribution in [3.05, 3.63) is 81.5 Å². The molecule has 2 aliphatic heterocycles. The van der Waals surface area contributed by atoms with Crippen LogP contribution in [0, 0.1) is 5.82 Å². The molecule has 1 unspecified atom stereocenters. The number of halogens is 1. The number of fused-ring (bicyclic) bond motifs is 1. The fourth-order valence-corrected chi connectivity index (χ4v) is 4.42. The first-order valence-corrected chi connectivity index (χ1v) is 10.1. The van der Waals surface area contributed by atoms with E-state index in [1.54, 1.807) is 19.2 Å². The van der Waals surface area contributed by atoms with Gasteiger partial charge in [-0.3, -0.25) is 4.79 Å². The molecule has 2 aliphatic rings. The van der Waals surface area contributed by atoms with E-state index in [-0.39, 0.29) is 29.8 Å². The molecule has 1 fully saturated rings. The maximum atomic E-state index is 13.5. The van der Waals surface area contributed by atoms with Crippen LogP contribution in [0.1, 0.15) is 29.2 Å². The zero-order chi connectivity index (χ0) is 21.1. The third-order valence-electron chi connectivity index (χ3n) is 6.00. The first-order chi connectivity index (χ1) is 14.6. The number of likely N-dealkylation sites (N-methyl/N-ethyl adjacent to an activating group) is 1. The van der Waals surface area contributed by atoms with Crippen LogP contribution in [0.25, 0.3) is 10.4 Å². The molecule has 1 saturated heterocycles. The number of nitrogens with zero attached hydrogens (tertiary/aromatic N) is 4. The number of hydrogen-bond acceptors (Lipinski definition) is 4. The van der Waals surface area contributed by atoms with Crippen LogP contribution in [0.5, 0.6) is 0 Å². The van der Waals surface area contributed by atoms with Gasteiger partial charge in [0, 0.05) is 17.5 Å². The smallest absolute Gasteiger partial charge is 0.252 e. The molecule has 30 heavy (non-hydrogen) atoms. The van der Waals surface area contributed by atoms with Crippen molar-refractivity contribution in [2.45, 2.75) is 37.1 Å². The first-order valence-electron chi connectivity index (χ1n) is 10.1. The zero-order valence-electron chi connectivity index (χ0n) is 16.7. The van der Waals surface area contributed by atoms with E-state index in [4.69, 9.17) is 10.3 Å².